The Labute approximate surface area is 176 Å². The second-order valence-corrected chi connectivity index (χ2v) is 9.81. The van der Waals surface area contributed by atoms with Crippen molar-refractivity contribution < 1.29 is 12.8 Å². The summed E-state index contributed by atoms with van der Waals surface area (Å²) in [6.45, 7) is 2.80. The summed E-state index contributed by atoms with van der Waals surface area (Å²) in [5.74, 6) is -0.232. The van der Waals surface area contributed by atoms with Gasteiger partial charge in [-0.05, 0) is 61.6 Å². The maximum absolute atomic E-state index is 13.5. The van der Waals surface area contributed by atoms with Crippen molar-refractivity contribution in [1.82, 2.24) is 18.8 Å². The molecule has 30 heavy (non-hydrogen) atoms. The van der Waals surface area contributed by atoms with E-state index in [-0.39, 0.29) is 16.8 Å². The SMILES string of the molecule is Cc1cc(Cc2cccc(F)c2)cc(C2CCCN(S(=O)(=O)c3cn(C)cn3)C2)n1. The fourth-order valence-corrected chi connectivity index (χ4v) is 5.51. The molecule has 6 nitrogen and oxygen atoms in total. The van der Waals surface area contributed by atoms with Crippen LogP contribution in [0.4, 0.5) is 4.39 Å². The van der Waals surface area contributed by atoms with E-state index in [4.69, 9.17) is 4.98 Å². The molecule has 0 aliphatic carbocycles. The quantitative estimate of drug-likeness (QED) is 0.625. The number of hydrogen-bond donors (Lipinski definition) is 0. The molecule has 1 aliphatic heterocycles. The highest BCUT2D eigenvalue weighted by Crippen LogP contribution is 2.30. The van der Waals surface area contributed by atoms with Gasteiger partial charge in [-0.25, -0.2) is 17.8 Å². The zero-order valence-electron chi connectivity index (χ0n) is 17.1. The number of pyridine rings is 1. The largest absolute Gasteiger partial charge is 0.339 e. The van der Waals surface area contributed by atoms with Gasteiger partial charge < -0.3 is 4.57 Å². The molecule has 0 spiro atoms. The van der Waals surface area contributed by atoms with Gasteiger partial charge in [0.15, 0.2) is 5.03 Å². The second kappa shape index (κ2) is 8.28. The van der Waals surface area contributed by atoms with Crippen molar-refractivity contribution in [2.24, 2.45) is 7.05 Å². The highest BCUT2D eigenvalue weighted by atomic mass is 32.2. The van der Waals surface area contributed by atoms with E-state index in [1.165, 1.54) is 29.0 Å². The summed E-state index contributed by atoms with van der Waals surface area (Å²) in [4.78, 5) is 8.72. The minimum Gasteiger partial charge on any atom is -0.339 e. The summed E-state index contributed by atoms with van der Waals surface area (Å²) in [6, 6.07) is 10.6. The Morgan fingerprint density at radius 2 is 2.03 bits per heavy atom. The van der Waals surface area contributed by atoms with E-state index >= 15 is 0 Å². The first-order valence-corrected chi connectivity index (χ1v) is 11.5. The highest BCUT2D eigenvalue weighted by Gasteiger charge is 2.33. The van der Waals surface area contributed by atoms with Gasteiger partial charge in [0.2, 0.25) is 0 Å². The molecular weight excluding hydrogens is 403 g/mol. The molecule has 0 saturated carbocycles. The van der Waals surface area contributed by atoms with Crippen molar-refractivity contribution in [2.45, 2.75) is 37.1 Å². The lowest BCUT2D eigenvalue weighted by Crippen LogP contribution is -2.39. The van der Waals surface area contributed by atoms with Gasteiger partial charge in [-0.15, -0.1) is 0 Å². The third kappa shape index (κ3) is 4.44. The fraction of sp³-hybridized carbons (Fsp3) is 0.364. The predicted octanol–water partition coefficient (Wildman–Crippen LogP) is 3.42. The van der Waals surface area contributed by atoms with Crippen molar-refractivity contribution in [3.05, 3.63) is 77.3 Å². The number of sulfonamides is 1. The molecule has 1 fully saturated rings. The Morgan fingerprint density at radius 3 is 2.77 bits per heavy atom. The van der Waals surface area contributed by atoms with Gasteiger partial charge in [0.05, 0.1) is 6.33 Å². The Balaban J connectivity index is 1.57. The molecule has 158 valence electrons. The van der Waals surface area contributed by atoms with Crippen molar-refractivity contribution in [3.8, 4) is 0 Å². The van der Waals surface area contributed by atoms with Crippen molar-refractivity contribution >= 4 is 10.0 Å². The number of hydrogen-bond acceptors (Lipinski definition) is 4. The van der Waals surface area contributed by atoms with Crippen LogP contribution in [0.3, 0.4) is 0 Å². The number of aryl methyl sites for hydroxylation is 2. The molecule has 0 amide bonds. The number of aromatic nitrogens is 3. The van der Waals surface area contributed by atoms with E-state index in [1.54, 1.807) is 17.7 Å². The average Bonchev–Trinajstić information content (AvgIpc) is 3.15. The smallest absolute Gasteiger partial charge is 0.262 e. The van der Waals surface area contributed by atoms with E-state index in [0.717, 1.165) is 35.4 Å². The first kappa shape index (κ1) is 20.7. The van der Waals surface area contributed by atoms with Crippen LogP contribution in [0.1, 0.15) is 41.3 Å². The maximum Gasteiger partial charge on any atom is 0.262 e. The molecule has 0 bridgehead atoms. The Kier molecular flexibility index (Phi) is 5.71. The van der Waals surface area contributed by atoms with Crippen LogP contribution in [0.5, 0.6) is 0 Å². The molecule has 1 aliphatic rings. The molecule has 0 N–H and O–H groups in total. The van der Waals surface area contributed by atoms with Crippen LogP contribution < -0.4 is 0 Å². The van der Waals surface area contributed by atoms with E-state index in [0.29, 0.717) is 19.5 Å². The van der Waals surface area contributed by atoms with Crippen molar-refractivity contribution in [3.63, 3.8) is 0 Å². The molecule has 3 heterocycles. The zero-order chi connectivity index (χ0) is 21.3. The number of imidazole rings is 1. The lowest BCUT2D eigenvalue weighted by molar-refractivity contribution is 0.311. The summed E-state index contributed by atoms with van der Waals surface area (Å²) >= 11 is 0. The third-order valence-electron chi connectivity index (χ3n) is 5.42. The number of nitrogens with zero attached hydrogens (tertiary/aromatic N) is 4. The maximum atomic E-state index is 13.5. The fourth-order valence-electron chi connectivity index (χ4n) is 4.02. The van der Waals surface area contributed by atoms with Crippen LogP contribution in [0.15, 0.2) is 53.9 Å². The van der Waals surface area contributed by atoms with Gasteiger partial charge in [0.1, 0.15) is 5.82 Å². The Hall–Kier alpha value is -2.58. The minimum absolute atomic E-state index is 0.0170. The number of benzene rings is 1. The van der Waals surface area contributed by atoms with Crippen LogP contribution in [0.25, 0.3) is 0 Å². The molecule has 1 saturated heterocycles. The Morgan fingerprint density at radius 1 is 1.20 bits per heavy atom. The normalized spacial score (nSPS) is 17.9. The van der Waals surface area contributed by atoms with Gasteiger partial charge in [-0.1, -0.05) is 12.1 Å². The van der Waals surface area contributed by atoms with Crippen LogP contribution in [0.2, 0.25) is 0 Å². The predicted molar refractivity (Wildman–Crippen MR) is 112 cm³/mol. The van der Waals surface area contributed by atoms with E-state index in [2.05, 4.69) is 4.98 Å². The summed E-state index contributed by atoms with van der Waals surface area (Å²) in [5, 5.41) is 0.0784. The van der Waals surface area contributed by atoms with Gasteiger partial charge >= 0.3 is 0 Å². The second-order valence-electron chi connectivity index (χ2n) is 7.93. The highest BCUT2D eigenvalue weighted by molar-refractivity contribution is 7.89. The minimum atomic E-state index is -3.62. The van der Waals surface area contributed by atoms with Crippen LogP contribution in [-0.2, 0) is 23.5 Å². The standard InChI is InChI=1S/C22H25FN4O2S/c1-16-9-18(10-17-5-3-7-20(23)11-17)12-21(25-16)19-6-4-8-27(13-19)30(28,29)22-14-26(2)15-24-22/h3,5,7,9,11-12,14-15,19H,4,6,8,10,13H2,1-2H3. The summed E-state index contributed by atoms with van der Waals surface area (Å²) in [5.41, 5.74) is 3.72. The Bertz CT molecular complexity index is 1160. The van der Waals surface area contributed by atoms with Crippen molar-refractivity contribution in [1.29, 1.82) is 0 Å². The van der Waals surface area contributed by atoms with Crippen molar-refractivity contribution in [2.75, 3.05) is 13.1 Å². The lowest BCUT2D eigenvalue weighted by atomic mass is 9.93. The lowest BCUT2D eigenvalue weighted by Gasteiger charge is -2.31. The monoisotopic (exact) mass is 428 g/mol. The van der Waals surface area contributed by atoms with Gasteiger partial charge in [0, 0.05) is 43.6 Å². The van der Waals surface area contributed by atoms with Gasteiger partial charge in [0.25, 0.3) is 10.0 Å². The van der Waals surface area contributed by atoms with E-state index in [1.807, 2.05) is 25.1 Å². The molecule has 1 unspecified atom stereocenters. The molecule has 0 radical (unpaired) electrons. The average molecular weight is 429 g/mol. The van der Waals surface area contributed by atoms with Gasteiger partial charge in [-0.2, -0.15) is 4.31 Å². The topological polar surface area (TPSA) is 68.1 Å². The number of piperidine rings is 1. The van der Waals surface area contributed by atoms with Crippen LogP contribution in [0, 0.1) is 12.7 Å². The summed E-state index contributed by atoms with van der Waals surface area (Å²) in [7, 11) is -1.87. The molecule has 4 rings (SSSR count). The number of halogens is 1. The molecule has 1 atom stereocenters. The third-order valence-corrected chi connectivity index (χ3v) is 7.17. The molecular formula is C22H25FN4O2S. The van der Waals surface area contributed by atoms with Crippen LogP contribution >= 0.6 is 0 Å². The summed E-state index contributed by atoms with van der Waals surface area (Å²) < 4.78 is 42.6. The molecule has 8 heteroatoms. The molecule has 1 aromatic carbocycles. The van der Waals surface area contributed by atoms with E-state index < -0.39 is 10.0 Å². The van der Waals surface area contributed by atoms with E-state index in [9.17, 15) is 12.8 Å². The number of rotatable bonds is 5. The first-order chi connectivity index (χ1) is 14.3. The van der Waals surface area contributed by atoms with Gasteiger partial charge in [-0.3, -0.25) is 4.98 Å². The van der Waals surface area contributed by atoms with Crippen LogP contribution in [-0.4, -0.2) is 40.3 Å². The summed E-state index contributed by atoms with van der Waals surface area (Å²) in [6.07, 6.45) is 5.28. The first-order valence-electron chi connectivity index (χ1n) is 10.0. The molecule has 3 aromatic rings. The molecule has 2 aromatic heterocycles. The zero-order valence-corrected chi connectivity index (χ0v) is 17.9.